The zero-order chi connectivity index (χ0) is 35.2. The highest BCUT2D eigenvalue weighted by Crippen LogP contribution is 2.40. The summed E-state index contributed by atoms with van der Waals surface area (Å²) in [4.78, 5) is 12.1. The average molecular weight is 700 g/mol. The van der Waals surface area contributed by atoms with Crippen molar-refractivity contribution in [3.05, 3.63) is 108 Å². The van der Waals surface area contributed by atoms with E-state index in [0.29, 0.717) is 0 Å². The molecule has 1 aliphatic rings. The van der Waals surface area contributed by atoms with Crippen molar-refractivity contribution in [2.45, 2.75) is 83.9 Å². The Morgan fingerprint density at radius 1 is 0.980 bits per heavy atom. The van der Waals surface area contributed by atoms with E-state index in [1.54, 1.807) is 12.1 Å². The highest BCUT2D eigenvalue weighted by Gasteiger charge is 2.51. The third-order valence-electron chi connectivity index (χ3n) is 9.21. The first-order chi connectivity index (χ1) is 23.4. The lowest BCUT2D eigenvalue weighted by atomic mass is 9.96. The van der Waals surface area contributed by atoms with Crippen molar-refractivity contribution in [1.82, 2.24) is 4.57 Å². The Morgan fingerprint density at radius 3 is 2.14 bits per heavy atom. The number of rotatable bonds is 12. The molecule has 1 aliphatic heterocycles. The zero-order valence-corrected chi connectivity index (χ0v) is 31.1. The zero-order valence-electron chi connectivity index (χ0n) is 29.1. The van der Waals surface area contributed by atoms with Crippen molar-refractivity contribution in [3.8, 4) is 23.0 Å². The van der Waals surface area contributed by atoms with Gasteiger partial charge in [-0.25, -0.2) is 4.39 Å². The molecule has 2 heterocycles. The fourth-order valence-corrected chi connectivity index (χ4v) is 13.0. The molecule has 0 spiro atoms. The fourth-order valence-electron chi connectivity index (χ4n) is 7.20. The van der Waals surface area contributed by atoms with Crippen LogP contribution in [0.15, 0.2) is 84.9 Å². The topological polar surface area (TPSA) is 77.8 Å². The Hall–Kier alpha value is -3.73. The molecule has 1 aromatic heterocycles. The fraction of sp³-hybridized carbons (Fsp3) is 0.375. The molecule has 0 saturated heterocycles. The first kappa shape index (κ1) is 36.5. The molecule has 49 heavy (non-hydrogen) atoms. The van der Waals surface area contributed by atoms with Gasteiger partial charge in [0.1, 0.15) is 12.4 Å². The van der Waals surface area contributed by atoms with Crippen molar-refractivity contribution in [2.75, 3.05) is 12.8 Å². The van der Waals surface area contributed by atoms with Gasteiger partial charge >= 0.3 is 5.97 Å². The Kier molecular flexibility index (Phi) is 11.8. The number of hydrogen-bond acceptors (Lipinski definition) is 4. The van der Waals surface area contributed by atoms with E-state index in [1.807, 2.05) is 60.7 Å². The molecule has 258 valence electrons. The smallest absolute Gasteiger partial charge is 0.305 e. The number of nitrogens with zero attached hydrogens (tertiary/aromatic N) is 1. The largest absolute Gasteiger partial charge is 0.481 e. The number of fused-ring (bicyclic) bond motifs is 1. The molecule has 0 amide bonds. The summed E-state index contributed by atoms with van der Waals surface area (Å²) < 4.78 is 42.6. The summed E-state index contributed by atoms with van der Waals surface area (Å²) in [5.74, 6) is 5.36. The summed E-state index contributed by atoms with van der Waals surface area (Å²) in [6.45, 7) is 11.5. The molecule has 0 radical (unpaired) electrons. The van der Waals surface area contributed by atoms with Crippen LogP contribution in [0, 0.1) is 17.7 Å². The minimum Gasteiger partial charge on any atom is -0.481 e. The van der Waals surface area contributed by atoms with Crippen LogP contribution in [0.25, 0.3) is 11.1 Å². The van der Waals surface area contributed by atoms with Crippen LogP contribution >= 0.6 is 8.03 Å². The SMILES string of the molecule is CC(C)c1c(C#CCO[PH](=O)C[C@H](CC(=O)O)O[Si](c2ccccc2)(c2ccccc2)C(C)(C)C)c(-c2ccc(F)cc2)c2n1CCCC2. The number of carboxylic acids is 1. The van der Waals surface area contributed by atoms with E-state index in [-0.39, 0.29) is 36.0 Å². The van der Waals surface area contributed by atoms with Crippen LogP contribution in [-0.4, -0.2) is 42.8 Å². The second kappa shape index (κ2) is 15.9. The summed E-state index contributed by atoms with van der Waals surface area (Å²) in [5.41, 5.74) is 5.23. The van der Waals surface area contributed by atoms with Crippen LogP contribution in [0.4, 0.5) is 4.39 Å². The van der Waals surface area contributed by atoms with E-state index < -0.39 is 28.4 Å². The standard InChI is InChI=1S/C40H47FNO5PSi/c1-29(2)39-35(38(30-21-23-31(41)24-22-30)36-20-12-13-25-42(36)39)19-14-26-46-48(45)28-32(27-37(43)44)47-49(40(3,4)5,33-15-8-6-9-16-33)34-17-10-7-11-18-34/h6-11,15-18,21-24,29,32,48H,12-13,20,25-28H2,1-5H3,(H,43,44)/t32-/m0/s1. The van der Waals surface area contributed by atoms with E-state index >= 15 is 0 Å². The number of halogens is 1. The third kappa shape index (κ3) is 8.19. The number of benzene rings is 3. The van der Waals surface area contributed by atoms with Crippen LogP contribution in [0.5, 0.6) is 0 Å². The average Bonchev–Trinajstić information content (AvgIpc) is 3.40. The van der Waals surface area contributed by atoms with E-state index in [9.17, 15) is 18.9 Å². The van der Waals surface area contributed by atoms with Gasteiger partial charge in [-0.15, -0.1) is 0 Å². The molecular weight excluding hydrogens is 653 g/mol. The number of carbonyl (C=O) groups is 1. The van der Waals surface area contributed by atoms with Crippen molar-refractivity contribution >= 4 is 32.7 Å². The summed E-state index contributed by atoms with van der Waals surface area (Å²) in [7, 11) is -5.81. The van der Waals surface area contributed by atoms with Gasteiger partial charge in [-0.1, -0.05) is 119 Å². The van der Waals surface area contributed by atoms with Gasteiger partial charge in [-0.3, -0.25) is 9.36 Å². The predicted molar refractivity (Wildman–Crippen MR) is 198 cm³/mol. The molecule has 9 heteroatoms. The highest BCUT2D eigenvalue weighted by molar-refractivity contribution is 7.39. The van der Waals surface area contributed by atoms with Crippen LogP contribution < -0.4 is 10.4 Å². The third-order valence-corrected chi connectivity index (χ3v) is 15.6. The first-order valence-corrected chi connectivity index (χ1v) is 20.5. The maximum Gasteiger partial charge on any atom is 0.305 e. The molecule has 0 bridgehead atoms. The van der Waals surface area contributed by atoms with Gasteiger partial charge in [-0.05, 0) is 58.3 Å². The number of aliphatic carboxylic acids is 1. The molecule has 1 N–H and O–H groups in total. The maximum absolute atomic E-state index is 13.9. The normalized spacial score (nSPS) is 14.5. The molecule has 4 aromatic rings. The number of carboxylic acid groups (broad SMARTS) is 1. The van der Waals surface area contributed by atoms with E-state index in [0.717, 1.165) is 58.6 Å². The molecule has 3 aromatic carbocycles. The van der Waals surface area contributed by atoms with Crippen LogP contribution in [0.1, 0.15) is 76.8 Å². The molecule has 0 aliphatic carbocycles. The second-order valence-corrected chi connectivity index (χ2v) is 19.7. The lowest BCUT2D eigenvalue weighted by Crippen LogP contribution is -2.68. The lowest BCUT2D eigenvalue weighted by molar-refractivity contribution is -0.138. The van der Waals surface area contributed by atoms with Crippen LogP contribution in [0.3, 0.4) is 0 Å². The van der Waals surface area contributed by atoms with Gasteiger partial charge in [-0.2, -0.15) is 0 Å². The van der Waals surface area contributed by atoms with Crippen LogP contribution in [-0.2, 0) is 31.3 Å². The maximum atomic E-state index is 13.9. The predicted octanol–water partition coefficient (Wildman–Crippen LogP) is 8.02. The molecule has 2 atom stereocenters. The molecule has 1 unspecified atom stereocenters. The van der Waals surface area contributed by atoms with Gasteiger partial charge in [0.25, 0.3) is 8.32 Å². The summed E-state index contributed by atoms with van der Waals surface area (Å²) in [6.07, 6.45) is 1.93. The van der Waals surface area contributed by atoms with Gasteiger partial charge in [0.15, 0.2) is 8.03 Å². The molecule has 0 saturated carbocycles. The number of hydrogen-bond donors (Lipinski definition) is 1. The van der Waals surface area contributed by atoms with Crippen molar-refractivity contribution in [2.24, 2.45) is 0 Å². The van der Waals surface area contributed by atoms with E-state index in [4.69, 9.17) is 8.95 Å². The van der Waals surface area contributed by atoms with E-state index in [2.05, 4.69) is 51.0 Å². The van der Waals surface area contributed by atoms with Gasteiger partial charge in [0.05, 0.1) is 18.1 Å². The van der Waals surface area contributed by atoms with Crippen LogP contribution in [0.2, 0.25) is 5.04 Å². The monoisotopic (exact) mass is 699 g/mol. The Morgan fingerprint density at radius 2 is 1.59 bits per heavy atom. The summed E-state index contributed by atoms with van der Waals surface area (Å²) in [5, 5.41) is 11.6. The first-order valence-electron chi connectivity index (χ1n) is 17.1. The second-order valence-electron chi connectivity index (χ2n) is 14.0. The van der Waals surface area contributed by atoms with Crippen molar-refractivity contribution in [3.63, 3.8) is 0 Å². The number of aromatic nitrogens is 1. The van der Waals surface area contributed by atoms with Gasteiger partial charge in [0.2, 0.25) is 0 Å². The quantitative estimate of drug-likeness (QED) is 0.0921. The lowest BCUT2D eigenvalue weighted by Gasteiger charge is -2.45. The molecule has 6 nitrogen and oxygen atoms in total. The van der Waals surface area contributed by atoms with E-state index in [1.165, 1.54) is 17.8 Å². The van der Waals surface area contributed by atoms with Crippen molar-refractivity contribution in [1.29, 1.82) is 0 Å². The van der Waals surface area contributed by atoms with Crippen molar-refractivity contribution < 1.29 is 27.8 Å². The molecule has 0 fully saturated rings. The summed E-state index contributed by atoms with van der Waals surface area (Å²) >= 11 is 0. The van der Waals surface area contributed by atoms with Gasteiger partial charge < -0.3 is 18.6 Å². The highest BCUT2D eigenvalue weighted by atomic mass is 31.1. The minimum absolute atomic E-state index is 0.0399. The minimum atomic E-state index is -3.09. The Labute approximate surface area is 291 Å². The molecular formula is C40H47FNO5PSi. The molecule has 5 rings (SSSR count). The summed E-state index contributed by atoms with van der Waals surface area (Å²) in [6, 6.07) is 26.5. The Balaban J connectivity index is 1.41. The van der Waals surface area contributed by atoms with Gasteiger partial charge in [0, 0.05) is 29.7 Å². The Bertz CT molecular complexity index is 1780.